The van der Waals surface area contributed by atoms with E-state index in [1.807, 2.05) is 0 Å². The molecule has 7 nitrogen and oxygen atoms in total. The van der Waals surface area contributed by atoms with Crippen molar-refractivity contribution in [3.05, 3.63) is 18.1 Å². The SMILES string of the molecule is CS(=O)c1ccnc(C2(NC(=O)OC(C)(C)C)COC2)n1. The monoisotopic (exact) mass is 313 g/mol. The lowest BCUT2D eigenvalue weighted by Crippen LogP contribution is -2.60. The minimum absolute atomic E-state index is 0.256. The molecule has 1 saturated heterocycles. The van der Waals surface area contributed by atoms with Crippen LogP contribution in [0.4, 0.5) is 4.79 Å². The van der Waals surface area contributed by atoms with Crippen LogP contribution in [0.25, 0.3) is 0 Å². The van der Waals surface area contributed by atoms with E-state index in [4.69, 9.17) is 9.47 Å². The van der Waals surface area contributed by atoms with E-state index in [1.54, 1.807) is 26.8 Å². The van der Waals surface area contributed by atoms with Gasteiger partial charge in [-0.15, -0.1) is 0 Å². The first-order valence-corrected chi connectivity index (χ1v) is 8.03. The molecule has 2 heterocycles. The van der Waals surface area contributed by atoms with Crippen molar-refractivity contribution in [3.63, 3.8) is 0 Å². The summed E-state index contributed by atoms with van der Waals surface area (Å²) in [6.07, 6.45) is 2.50. The molecule has 0 aliphatic carbocycles. The maximum absolute atomic E-state index is 12.0. The predicted molar refractivity (Wildman–Crippen MR) is 76.2 cm³/mol. The zero-order valence-electron chi connectivity index (χ0n) is 12.5. The zero-order valence-corrected chi connectivity index (χ0v) is 13.3. The summed E-state index contributed by atoms with van der Waals surface area (Å²) in [6, 6.07) is 1.58. The second-order valence-corrected chi connectivity index (χ2v) is 7.20. The van der Waals surface area contributed by atoms with Crippen molar-refractivity contribution in [1.29, 1.82) is 0 Å². The predicted octanol–water partition coefficient (Wildman–Crippen LogP) is 0.964. The molecule has 2 rings (SSSR count). The lowest BCUT2D eigenvalue weighted by molar-refractivity contribution is -0.0842. The Morgan fingerprint density at radius 2 is 2.14 bits per heavy atom. The van der Waals surface area contributed by atoms with Crippen LogP contribution in [0.3, 0.4) is 0 Å². The molecule has 1 aliphatic rings. The number of carbonyl (C=O) groups is 1. The van der Waals surface area contributed by atoms with E-state index < -0.39 is 28.0 Å². The second kappa shape index (κ2) is 5.69. The highest BCUT2D eigenvalue weighted by molar-refractivity contribution is 7.84. The third-order valence-corrected chi connectivity index (χ3v) is 3.61. The minimum atomic E-state index is -1.22. The van der Waals surface area contributed by atoms with Gasteiger partial charge in [-0.3, -0.25) is 4.21 Å². The van der Waals surface area contributed by atoms with Gasteiger partial charge in [0.05, 0.1) is 24.0 Å². The van der Waals surface area contributed by atoms with Gasteiger partial charge in [0.15, 0.2) is 5.82 Å². The van der Waals surface area contributed by atoms with Crippen molar-refractivity contribution in [2.45, 2.75) is 36.9 Å². The number of nitrogens with zero attached hydrogens (tertiary/aromatic N) is 2. The van der Waals surface area contributed by atoms with Gasteiger partial charge in [-0.1, -0.05) is 0 Å². The standard InChI is InChI=1S/C13H19N3O4S/c1-12(2,3)20-11(17)16-13(7-19-8-13)10-14-6-5-9(15-10)21(4)18/h5-6H,7-8H2,1-4H3,(H,16,17). The van der Waals surface area contributed by atoms with Crippen LogP contribution in [-0.4, -0.2) is 45.3 Å². The van der Waals surface area contributed by atoms with Gasteiger partial charge in [-0.2, -0.15) is 0 Å². The lowest BCUT2D eigenvalue weighted by Gasteiger charge is -2.40. The highest BCUT2D eigenvalue weighted by atomic mass is 32.2. The first kappa shape index (κ1) is 15.8. The molecule has 1 fully saturated rings. The summed E-state index contributed by atoms with van der Waals surface area (Å²) >= 11 is 0. The van der Waals surface area contributed by atoms with Gasteiger partial charge >= 0.3 is 6.09 Å². The van der Waals surface area contributed by atoms with Crippen molar-refractivity contribution in [2.75, 3.05) is 19.5 Å². The van der Waals surface area contributed by atoms with Crippen LogP contribution in [0.5, 0.6) is 0 Å². The van der Waals surface area contributed by atoms with Crippen LogP contribution in [0.2, 0.25) is 0 Å². The molecule has 1 atom stereocenters. The summed E-state index contributed by atoms with van der Waals surface area (Å²) in [4.78, 5) is 20.4. The average Bonchev–Trinajstić information content (AvgIpc) is 2.31. The van der Waals surface area contributed by atoms with E-state index in [0.29, 0.717) is 10.9 Å². The lowest BCUT2D eigenvalue weighted by atomic mass is 9.96. The summed E-state index contributed by atoms with van der Waals surface area (Å²) in [5.41, 5.74) is -1.42. The minimum Gasteiger partial charge on any atom is -0.444 e. The van der Waals surface area contributed by atoms with Gasteiger partial charge in [-0.25, -0.2) is 14.8 Å². The molecule has 0 spiro atoms. The summed E-state index contributed by atoms with van der Waals surface area (Å²) in [5.74, 6) is 0.382. The quantitative estimate of drug-likeness (QED) is 0.836. The molecular formula is C13H19N3O4S. The van der Waals surface area contributed by atoms with Crippen LogP contribution < -0.4 is 5.32 Å². The number of aromatic nitrogens is 2. The molecule has 8 heteroatoms. The van der Waals surface area contributed by atoms with Gasteiger partial charge in [0, 0.05) is 12.5 Å². The Kier molecular flexibility index (Phi) is 4.29. The Labute approximate surface area is 125 Å². The Morgan fingerprint density at radius 3 is 2.62 bits per heavy atom. The first-order chi connectivity index (χ1) is 9.72. The van der Waals surface area contributed by atoms with Crippen LogP contribution in [0.1, 0.15) is 26.6 Å². The van der Waals surface area contributed by atoms with Crippen LogP contribution in [0, 0.1) is 0 Å². The molecule has 1 unspecified atom stereocenters. The van der Waals surface area contributed by atoms with Crippen molar-refractivity contribution >= 4 is 16.9 Å². The molecule has 21 heavy (non-hydrogen) atoms. The van der Waals surface area contributed by atoms with Crippen molar-refractivity contribution in [1.82, 2.24) is 15.3 Å². The molecule has 0 bridgehead atoms. The highest BCUT2D eigenvalue weighted by Crippen LogP contribution is 2.27. The molecule has 1 amide bonds. The number of ether oxygens (including phenoxy) is 2. The fourth-order valence-electron chi connectivity index (χ4n) is 1.80. The number of amides is 1. The fraction of sp³-hybridized carbons (Fsp3) is 0.615. The van der Waals surface area contributed by atoms with Gasteiger partial charge in [-0.05, 0) is 26.8 Å². The molecule has 0 saturated carbocycles. The molecule has 1 aliphatic heterocycles. The number of hydrogen-bond acceptors (Lipinski definition) is 6. The van der Waals surface area contributed by atoms with E-state index in [0.717, 1.165) is 0 Å². The maximum Gasteiger partial charge on any atom is 0.408 e. The Bertz CT molecular complexity index is 567. The number of alkyl carbamates (subject to hydrolysis) is 1. The van der Waals surface area contributed by atoms with Crippen LogP contribution in [-0.2, 0) is 25.8 Å². The van der Waals surface area contributed by atoms with Gasteiger partial charge in [0.2, 0.25) is 0 Å². The molecule has 0 aromatic carbocycles. The number of nitrogens with one attached hydrogen (secondary N) is 1. The Morgan fingerprint density at radius 1 is 1.48 bits per heavy atom. The van der Waals surface area contributed by atoms with E-state index in [1.165, 1.54) is 12.5 Å². The highest BCUT2D eigenvalue weighted by Gasteiger charge is 2.45. The van der Waals surface area contributed by atoms with E-state index in [9.17, 15) is 9.00 Å². The third kappa shape index (κ3) is 3.76. The largest absolute Gasteiger partial charge is 0.444 e. The summed E-state index contributed by atoms with van der Waals surface area (Å²) in [5, 5.41) is 3.17. The van der Waals surface area contributed by atoms with Gasteiger partial charge < -0.3 is 14.8 Å². The van der Waals surface area contributed by atoms with E-state index >= 15 is 0 Å². The summed E-state index contributed by atoms with van der Waals surface area (Å²) in [6.45, 7) is 5.87. The fourth-order valence-corrected chi connectivity index (χ4v) is 2.26. The smallest absolute Gasteiger partial charge is 0.408 e. The zero-order chi connectivity index (χ0) is 15.7. The van der Waals surface area contributed by atoms with Crippen molar-refractivity contribution < 1.29 is 18.5 Å². The second-order valence-electron chi connectivity index (χ2n) is 5.87. The van der Waals surface area contributed by atoms with Crippen LogP contribution >= 0.6 is 0 Å². The van der Waals surface area contributed by atoms with Gasteiger partial charge in [0.25, 0.3) is 0 Å². The normalized spacial score (nSPS) is 18.5. The molecule has 0 radical (unpaired) electrons. The van der Waals surface area contributed by atoms with Crippen molar-refractivity contribution in [2.24, 2.45) is 0 Å². The molecule has 116 valence electrons. The maximum atomic E-state index is 12.0. The molecular weight excluding hydrogens is 294 g/mol. The number of hydrogen-bond donors (Lipinski definition) is 1. The molecule has 1 aromatic rings. The third-order valence-electron chi connectivity index (χ3n) is 2.79. The first-order valence-electron chi connectivity index (χ1n) is 6.48. The molecule has 1 N–H and O–H groups in total. The topological polar surface area (TPSA) is 90.4 Å². The summed E-state index contributed by atoms with van der Waals surface area (Å²) in [7, 11) is -1.22. The van der Waals surface area contributed by atoms with E-state index in [-0.39, 0.29) is 13.2 Å². The molecule has 1 aromatic heterocycles. The summed E-state index contributed by atoms with van der Waals surface area (Å²) < 4.78 is 22.0. The number of carbonyl (C=O) groups excluding carboxylic acids is 1. The number of rotatable bonds is 3. The van der Waals surface area contributed by atoms with E-state index in [2.05, 4.69) is 15.3 Å². The Hall–Kier alpha value is -1.54. The van der Waals surface area contributed by atoms with Crippen molar-refractivity contribution in [3.8, 4) is 0 Å². The average molecular weight is 313 g/mol. The van der Waals surface area contributed by atoms with Crippen LogP contribution in [0.15, 0.2) is 17.3 Å². The Balaban J connectivity index is 2.20. The van der Waals surface area contributed by atoms with Gasteiger partial charge in [0.1, 0.15) is 16.2 Å².